The van der Waals surface area contributed by atoms with E-state index < -0.39 is 0 Å². The van der Waals surface area contributed by atoms with Crippen LogP contribution in [-0.4, -0.2) is 51.8 Å². The van der Waals surface area contributed by atoms with Gasteiger partial charge in [0.25, 0.3) is 0 Å². The predicted octanol–water partition coefficient (Wildman–Crippen LogP) is 3.16. The summed E-state index contributed by atoms with van der Waals surface area (Å²) in [5.41, 5.74) is 1.59. The Bertz CT molecular complexity index is 933. The second-order valence-electron chi connectivity index (χ2n) is 7.09. The fourth-order valence-electron chi connectivity index (χ4n) is 3.07. The Morgan fingerprint density at radius 2 is 2.18 bits per heavy atom. The Balaban J connectivity index is 1.40. The highest BCUT2D eigenvalue weighted by atomic mass is 32.1. The highest BCUT2D eigenvalue weighted by Gasteiger charge is 2.28. The number of nitrogens with one attached hydrogen (secondary N) is 2. The highest BCUT2D eigenvalue weighted by molar-refractivity contribution is 7.10. The highest BCUT2D eigenvalue weighted by Crippen LogP contribution is 2.36. The second kappa shape index (κ2) is 8.07. The largest absolute Gasteiger partial charge is 0.336 e. The van der Waals surface area contributed by atoms with Crippen molar-refractivity contribution in [3.63, 3.8) is 0 Å². The lowest BCUT2D eigenvalue weighted by Crippen LogP contribution is -2.36. The molecule has 146 valence electrons. The van der Waals surface area contributed by atoms with Gasteiger partial charge in [-0.25, -0.2) is 9.48 Å². The Kier molecular flexibility index (Phi) is 5.36. The molecule has 0 spiro atoms. The summed E-state index contributed by atoms with van der Waals surface area (Å²) in [5, 5.41) is 19.9. The number of urea groups is 1. The minimum atomic E-state index is -0.234. The van der Waals surface area contributed by atoms with E-state index >= 15 is 0 Å². The number of likely N-dealkylation sites (N-methyl/N-ethyl adjacent to an activating group) is 1. The third-order valence-corrected chi connectivity index (χ3v) is 5.69. The Labute approximate surface area is 167 Å². The van der Waals surface area contributed by atoms with Gasteiger partial charge in [0.05, 0.1) is 12.1 Å². The van der Waals surface area contributed by atoms with Crippen molar-refractivity contribution in [2.24, 2.45) is 0 Å². The fourth-order valence-corrected chi connectivity index (χ4v) is 3.99. The van der Waals surface area contributed by atoms with Crippen LogP contribution in [0.1, 0.15) is 29.8 Å². The van der Waals surface area contributed by atoms with Crippen LogP contribution < -0.4 is 10.6 Å². The minimum Gasteiger partial charge on any atom is -0.336 e. The van der Waals surface area contributed by atoms with Crippen LogP contribution in [-0.2, 0) is 0 Å². The van der Waals surface area contributed by atoms with E-state index in [-0.39, 0.29) is 12.1 Å². The molecule has 0 saturated heterocycles. The van der Waals surface area contributed by atoms with Gasteiger partial charge in [0.2, 0.25) is 0 Å². The summed E-state index contributed by atoms with van der Waals surface area (Å²) in [4.78, 5) is 15.7. The van der Waals surface area contributed by atoms with Gasteiger partial charge in [-0.1, -0.05) is 18.2 Å². The number of tetrazole rings is 1. The minimum absolute atomic E-state index is 0.139. The molecule has 2 N–H and O–H groups in total. The van der Waals surface area contributed by atoms with Crippen LogP contribution in [0.4, 0.5) is 10.5 Å². The zero-order valence-electron chi connectivity index (χ0n) is 15.9. The molecule has 2 aromatic heterocycles. The van der Waals surface area contributed by atoms with Crippen molar-refractivity contribution in [1.29, 1.82) is 0 Å². The molecule has 28 heavy (non-hydrogen) atoms. The topological polar surface area (TPSA) is 88.0 Å². The summed E-state index contributed by atoms with van der Waals surface area (Å²) < 4.78 is 1.86. The molecule has 1 atom stereocenters. The number of carbonyl (C=O) groups excluding carboxylic acids is 1. The molecule has 2 amide bonds. The molecule has 0 bridgehead atoms. The van der Waals surface area contributed by atoms with Gasteiger partial charge in [-0.15, -0.1) is 16.4 Å². The van der Waals surface area contributed by atoms with Crippen molar-refractivity contribution in [3.8, 4) is 11.4 Å². The second-order valence-corrected chi connectivity index (χ2v) is 8.07. The fraction of sp³-hybridized carbons (Fsp3) is 0.368. The number of hydrogen-bond acceptors (Lipinski definition) is 6. The molecule has 1 aliphatic carbocycles. The number of carbonyl (C=O) groups is 1. The first-order chi connectivity index (χ1) is 13.6. The van der Waals surface area contributed by atoms with Crippen LogP contribution in [0.2, 0.25) is 0 Å². The molecule has 9 heteroatoms. The van der Waals surface area contributed by atoms with Gasteiger partial charge in [-0.05, 0) is 60.9 Å². The van der Waals surface area contributed by atoms with Crippen molar-refractivity contribution in [1.82, 2.24) is 30.4 Å². The van der Waals surface area contributed by atoms with Crippen LogP contribution in [0.3, 0.4) is 0 Å². The molecule has 0 unspecified atom stereocenters. The van der Waals surface area contributed by atoms with E-state index in [1.54, 1.807) is 11.3 Å². The van der Waals surface area contributed by atoms with E-state index in [9.17, 15) is 4.79 Å². The van der Waals surface area contributed by atoms with Crippen LogP contribution in [0.25, 0.3) is 11.4 Å². The monoisotopic (exact) mass is 397 g/mol. The zero-order chi connectivity index (χ0) is 19.5. The quantitative estimate of drug-likeness (QED) is 0.639. The Hall–Kier alpha value is -2.78. The predicted molar refractivity (Wildman–Crippen MR) is 109 cm³/mol. The van der Waals surface area contributed by atoms with Crippen molar-refractivity contribution < 1.29 is 4.79 Å². The Morgan fingerprint density at radius 1 is 1.32 bits per heavy atom. The lowest BCUT2D eigenvalue weighted by atomic mass is 10.2. The normalized spacial score (nSPS) is 14.8. The van der Waals surface area contributed by atoms with Gasteiger partial charge in [-0.2, -0.15) is 0 Å². The molecule has 8 nitrogen and oxygen atoms in total. The molecular formula is C19H23N7OS. The van der Waals surface area contributed by atoms with E-state index in [0.29, 0.717) is 18.3 Å². The Morgan fingerprint density at radius 3 is 2.89 bits per heavy atom. The van der Waals surface area contributed by atoms with Gasteiger partial charge in [0.1, 0.15) is 0 Å². The summed E-state index contributed by atoms with van der Waals surface area (Å²) in [6, 6.07) is 12.0. The molecule has 2 heterocycles. The molecule has 4 rings (SSSR count). The van der Waals surface area contributed by atoms with E-state index in [2.05, 4.69) is 37.1 Å². The van der Waals surface area contributed by atoms with Crippen LogP contribution >= 0.6 is 11.3 Å². The van der Waals surface area contributed by atoms with Crippen molar-refractivity contribution >= 4 is 23.1 Å². The number of aromatic nitrogens is 4. The van der Waals surface area contributed by atoms with E-state index in [4.69, 9.17) is 0 Å². The maximum Gasteiger partial charge on any atom is 0.319 e. The van der Waals surface area contributed by atoms with E-state index in [1.807, 2.05) is 54.5 Å². The summed E-state index contributed by atoms with van der Waals surface area (Å²) in [5.74, 6) is 0.733. The van der Waals surface area contributed by atoms with Crippen LogP contribution in [0.15, 0.2) is 41.8 Å². The first kappa shape index (κ1) is 18.6. The van der Waals surface area contributed by atoms with Gasteiger partial charge in [0, 0.05) is 22.7 Å². The number of anilines is 1. The maximum absolute atomic E-state index is 12.4. The molecule has 0 aliphatic heterocycles. The zero-order valence-corrected chi connectivity index (χ0v) is 16.7. The number of rotatable bonds is 7. The number of thiophene rings is 1. The van der Waals surface area contributed by atoms with E-state index in [1.165, 1.54) is 4.88 Å². The first-order valence-corrected chi connectivity index (χ1v) is 10.1. The standard InChI is InChI=1S/C19H23N7OS/c1-25(2)16(17-7-4-10-28-17)12-20-19(27)21-14-6-3-5-13(11-14)18-22-23-24-26(18)15-8-9-15/h3-7,10-11,15-16H,8-9,12H2,1-2H3,(H2,20,21,27)/t16-/m1/s1. The van der Waals surface area contributed by atoms with Gasteiger partial charge in [-0.3, -0.25) is 0 Å². The smallest absolute Gasteiger partial charge is 0.319 e. The first-order valence-electron chi connectivity index (χ1n) is 9.25. The molecule has 1 aromatic carbocycles. The molecule has 3 aromatic rings. The molecule has 0 radical (unpaired) electrons. The van der Waals surface area contributed by atoms with Crippen molar-refractivity contribution in [2.75, 3.05) is 26.0 Å². The van der Waals surface area contributed by atoms with Gasteiger partial charge >= 0.3 is 6.03 Å². The summed E-state index contributed by atoms with van der Waals surface area (Å²) in [7, 11) is 4.02. The SMILES string of the molecule is CN(C)[C@H](CNC(=O)Nc1cccc(-c2nnnn2C2CC2)c1)c1cccs1. The van der Waals surface area contributed by atoms with Crippen LogP contribution in [0.5, 0.6) is 0 Å². The third-order valence-electron chi connectivity index (χ3n) is 4.72. The molecular weight excluding hydrogens is 374 g/mol. The van der Waals surface area contributed by atoms with Crippen molar-refractivity contribution in [2.45, 2.75) is 24.9 Å². The average Bonchev–Trinajstić information content (AvgIpc) is 3.17. The van der Waals surface area contributed by atoms with Gasteiger partial charge in [0.15, 0.2) is 5.82 Å². The lowest BCUT2D eigenvalue weighted by molar-refractivity contribution is 0.244. The average molecular weight is 398 g/mol. The number of amides is 2. The number of hydrogen-bond donors (Lipinski definition) is 2. The van der Waals surface area contributed by atoms with Crippen LogP contribution in [0, 0.1) is 0 Å². The van der Waals surface area contributed by atoms with Crippen molar-refractivity contribution in [3.05, 3.63) is 46.7 Å². The van der Waals surface area contributed by atoms with Gasteiger partial charge < -0.3 is 15.5 Å². The number of nitrogens with zero attached hydrogens (tertiary/aromatic N) is 5. The summed E-state index contributed by atoms with van der Waals surface area (Å²) in [6.45, 7) is 0.527. The summed E-state index contributed by atoms with van der Waals surface area (Å²) >= 11 is 1.69. The lowest BCUT2D eigenvalue weighted by Gasteiger charge is -2.23. The summed E-state index contributed by atoms with van der Waals surface area (Å²) in [6.07, 6.45) is 2.21. The molecule has 1 aliphatic rings. The molecule has 1 fully saturated rings. The number of benzene rings is 1. The molecule has 1 saturated carbocycles. The van der Waals surface area contributed by atoms with E-state index in [0.717, 1.165) is 24.2 Å². The maximum atomic E-state index is 12.4. The third kappa shape index (κ3) is 4.20.